The van der Waals surface area contributed by atoms with Gasteiger partial charge in [0.1, 0.15) is 5.76 Å². The van der Waals surface area contributed by atoms with Crippen LogP contribution >= 0.6 is 0 Å². The van der Waals surface area contributed by atoms with E-state index in [1.165, 1.54) is 0 Å². The molecule has 0 saturated carbocycles. The average Bonchev–Trinajstić information content (AvgIpc) is 3.52. The van der Waals surface area contributed by atoms with E-state index in [4.69, 9.17) is 4.52 Å². The Balaban J connectivity index is 1.64. The highest BCUT2D eigenvalue weighted by Crippen LogP contribution is 2.42. The second kappa shape index (κ2) is 8.89. The van der Waals surface area contributed by atoms with Crippen LogP contribution < -0.4 is 5.32 Å². The largest absolute Gasteiger partial charge is 0.361 e. The van der Waals surface area contributed by atoms with Gasteiger partial charge in [0.05, 0.1) is 34.9 Å². The van der Waals surface area contributed by atoms with E-state index < -0.39 is 0 Å². The molecule has 6 rings (SSSR count). The molecule has 8 nitrogen and oxygen atoms in total. The van der Waals surface area contributed by atoms with Gasteiger partial charge in [0.25, 0.3) is 5.91 Å². The first kappa shape index (κ1) is 23.0. The number of fused-ring (bicyclic) bond motifs is 1. The van der Waals surface area contributed by atoms with Gasteiger partial charge in [0, 0.05) is 54.8 Å². The first-order valence-corrected chi connectivity index (χ1v) is 12.4. The summed E-state index contributed by atoms with van der Waals surface area (Å²) >= 11 is 0. The first-order valence-electron chi connectivity index (χ1n) is 12.4. The van der Waals surface area contributed by atoms with Crippen molar-refractivity contribution >= 4 is 5.91 Å². The SMILES string of the molecule is Cc1cc(Cn2c3c(c(-c4cccc(-c5c(C)noc5C)c4)c2-c2ccncc2)C(=O)NCC3)n(C)n1. The summed E-state index contributed by atoms with van der Waals surface area (Å²) in [4.78, 5) is 17.7. The zero-order valence-corrected chi connectivity index (χ0v) is 21.4. The maximum absolute atomic E-state index is 13.4. The number of aromatic nitrogens is 5. The molecule has 186 valence electrons. The average molecular weight is 493 g/mol. The Hall–Kier alpha value is -4.46. The lowest BCUT2D eigenvalue weighted by Gasteiger charge is -2.17. The number of carbonyl (C=O) groups is 1. The maximum Gasteiger partial charge on any atom is 0.253 e. The van der Waals surface area contributed by atoms with Crippen LogP contribution in [-0.2, 0) is 20.0 Å². The number of aryl methyl sites for hydroxylation is 4. The van der Waals surface area contributed by atoms with Gasteiger partial charge in [-0.2, -0.15) is 5.10 Å². The normalized spacial score (nSPS) is 13.0. The van der Waals surface area contributed by atoms with Gasteiger partial charge in [0.15, 0.2) is 0 Å². The molecule has 1 amide bonds. The number of amides is 1. The maximum atomic E-state index is 13.4. The zero-order chi connectivity index (χ0) is 25.7. The predicted molar refractivity (Wildman–Crippen MR) is 141 cm³/mol. The lowest BCUT2D eigenvalue weighted by molar-refractivity contribution is 0.0946. The highest BCUT2D eigenvalue weighted by molar-refractivity contribution is 6.07. The van der Waals surface area contributed by atoms with Gasteiger partial charge in [-0.3, -0.25) is 14.5 Å². The van der Waals surface area contributed by atoms with E-state index in [-0.39, 0.29) is 5.91 Å². The van der Waals surface area contributed by atoms with Gasteiger partial charge in [-0.1, -0.05) is 23.4 Å². The van der Waals surface area contributed by atoms with Crippen LogP contribution in [0, 0.1) is 20.8 Å². The Morgan fingerprint density at radius 1 is 0.973 bits per heavy atom. The van der Waals surface area contributed by atoms with E-state index in [9.17, 15) is 4.79 Å². The summed E-state index contributed by atoms with van der Waals surface area (Å²) in [5, 5.41) is 11.8. The van der Waals surface area contributed by atoms with Crippen molar-refractivity contribution in [3.8, 4) is 33.5 Å². The molecule has 8 heteroatoms. The summed E-state index contributed by atoms with van der Waals surface area (Å²) in [5.74, 6) is 0.724. The third-order valence-corrected chi connectivity index (χ3v) is 7.09. The van der Waals surface area contributed by atoms with Gasteiger partial charge in [-0.05, 0) is 56.2 Å². The predicted octanol–water partition coefficient (Wildman–Crippen LogP) is 4.87. The van der Waals surface area contributed by atoms with Crippen molar-refractivity contribution in [2.24, 2.45) is 7.05 Å². The van der Waals surface area contributed by atoms with Gasteiger partial charge in [-0.25, -0.2) is 0 Å². The summed E-state index contributed by atoms with van der Waals surface area (Å²) in [6.45, 7) is 7.08. The minimum absolute atomic E-state index is 0.0470. The van der Waals surface area contributed by atoms with Crippen molar-refractivity contribution in [3.63, 3.8) is 0 Å². The van der Waals surface area contributed by atoms with E-state index in [1.54, 1.807) is 12.4 Å². The molecule has 1 aliphatic heterocycles. The number of hydrogen-bond acceptors (Lipinski definition) is 5. The molecular formula is C29H28N6O2. The fraction of sp³-hybridized carbons (Fsp3) is 0.241. The first-order chi connectivity index (χ1) is 17.9. The Labute approximate surface area is 214 Å². The molecule has 5 heterocycles. The summed E-state index contributed by atoms with van der Waals surface area (Å²) in [6, 6.07) is 14.4. The number of pyridine rings is 1. The van der Waals surface area contributed by atoms with Crippen LogP contribution in [0.5, 0.6) is 0 Å². The summed E-state index contributed by atoms with van der Waals surface area (Å²) in [7, 11) is 1.96. The van der Waals surface area contributed by atoms with Crippen LogP contribution in [0.25, 0.3) is 33.5 Å². The number of nitrogens with one attached hydrogen (secondary N) is 1. The van der Waals surface area contributed by atoms with Crippen LogP contribution in [0.2, 0.25) is 0 Å². The Morgan fingerprint density at radius 2 is 1.73 bits per heavy atom. The molecule has 0 spiro atoms. The molecule has 1 aromatic carbocycles. The quantitative estimate of drug-likeness (QED) is 0.378. The summed E-state index contributed by atoms with van der Waals surface area (Å²) in [5.41, 5.74) is 10.5. The summed E-state index contributed by atoms with van der Waals surface area (Å²) in [6.07, 6.45) is 4.34. The van der Waals surface area contributed by atoms with Crippen LogP contribution in [0.3, 0.4) is 0 Å². The van der Waals surface area contributed by atoms with Crippen molar-refractivity contribution in [2.45, 2.75) is 33.7 Å². The monoisotopic (exact) mass is 492 g/mol. The van der Waals surface area contributed by atoms with E-state index in [2.05, 4.69) is 49.4 Å². The fourth-order valence-electron chi connectivity index (χ4n) is 5.52. The standard InChI is InChI=1S/C29H28N6O2/c1-17-14-23(34(4)32-17)16-35-24-10-13-31-29(36)27(24)26(28(35)20-8-11-30-12-9-20)22-7-5-6-21(15-22)25-18(2)33-37-19(25)3/h5-9,11-12,14-15H,10,13,16H2,1-4H3,(H,31,36). The van der Waals surface area contributed by atoms with Crippen LogP contribution in [0.1, 0.15) is 38.9 Å². The molecule has 4 aromatic heterocycles. The minimum Gasteiger partial charge on any atom is -0.361 e. The second-order valence-electron chi connectivity index (χ2n) is 9.55. The molecule has 0 fully saturated rings. The molecule has 0 unspecified atom stereocenters. The molecule has 0 saturated heterocycles. The van der Waals surface area contributed by atoms with E-state index in [0.29, 0.717) is 13.1 Å². The lowest BCUT2D eigenvalue weighted by atomic mass is 9.92. The molecule has 0 bridgehead atoms. The van der Waals surface area contributed by atoms with Gasteiger partial charge in [0.2, 0.25) is 0 Å². The molecule has 0 aliphatic carbocycles. The van der Waals surface area contributed by atoms with Crippen molar-refractivity contribution in [1.82, 2.24) is 29.8 Å². The van der Waals surface area contributed by atoms with Gasteiger partial charge < -0.3 is 14.4 Å². The number of hydrogen-bond donors (Lipinski definition) is 1. The minimum atomic E-state index is -0.0470. The number of nitrogens with zero attached hydrogens (tertiary/aromatic N) is 5. The zero-order valence-electron chi connectivity index (χ0n) is 21.4. The molecule has 5 aromatic rings. The summed E-state index contributed by atoms with van der Waals surface area (Å²) < 4.78 is 9.65. The Kier molecular flexibility index (Phi) is 5.52. The fourth-order valence-corrected chi connectivity index (χ4v) is 5.52. The molecule has 1 N–H and O–H groups in total. The van der Waals surface area contributed by atoms with Crippen LogP contribution in [0.4, 0.5) is 0 Å². The molecule has 37 heavy (non-hydrogen) atoms. The van der Waals surface area contributed by atoms with Crippen LogP contribution in [-0.4, -0.2) is 36.9 Å². The highest BCUT2D eigenvalue weighted by Gasteiger charge is 2.31. The molecule has 0 radical (unpaired) electrons. The van der Waals surface area contributed by atoms with Crippen molar-refractivity contribution in [2.75, 3.05) is 6.54 Å². The number of carbonyl (C=O) groups excluding carboxylic acids is 1. The van der Waals surface area contributed by atoms with Crippen LogP contribution in [0.15, 0.2) is 59.4 Å². The number of rotatable bonds is 5. The van der Waals surface area contributed by atoms with Gasteiger partial charge in [-0.15, -0.1) is 0 Å². The Morgan fingerprint density at radius 3 is 2.41 bits per heavy atom. The van der Waals surface area contributed by atoms with E-state index in [1.807, 2.05) is 50.7 Å². The van der Waals surface area contributed by atoms with Gasteiger partial charge >= 0.3 is 0 Å². The van der Waals surface area contributed by atoms with E-state index in [0.717, 1.165) is 74.0 Å². The third-order valence-electron chi connectivity index (χ3n) is 7.09. The van der Waals surface area contributed by atoms with E-state index >= 15 is 0 Å². The smallest absolute Gasteiger partial charge is 0.253 e. The van der Waals surface area contributed by atoms with Crippen molar-refractivity contribution < 1.29 is 9.32 Å². The lowest BCUT2D eigenvalue weighted by Crippen LogP contribution is -2.32. The highest BCUT2D eigenvalue weighted by atomic mass is 16.5. The molecular weight excluding hydrogens is 464 g/mol. The molecule has 1 aliphatic rings. The number of benzene rings is 1. The van der Waals surface area contributed by atoms with Crippen molar-refractivity contribution in [1.29, 1.82) is 0 Å². The Bertz CT molecular complexity index is 1620. The molecule has 0 atom stereocenters. The van der Waals surface area contributed by atoms with Crippen molar-refractivity contribution in [3.05, 3.63) is 89.0 Å². The topological polar surface area (TPSA) is 90.8 Å². The second-order valence-corrected chi connectivity index (χ2v) is 9.55. The third kappa shape index (κ3) is 3.85.